The lowest BCUT2D eigenvalue weighted by Crippen LogP contribution is -3.00. The van der Waals surface area contributed by atoms with Crippen LogP contribution in [0.1, 0.15) is 0 Å². The molecular formula is C5H6ClIN2. The van der Waals surface area contributed by atoms with Gasteiger partial charge < -0.3 is 24.0 Å². The monoisotopic (exact) mass is 256 g/mol. The van der Waals surface area contributed by atoms with Crippen molar-refractivity contribution < 1.29 is 28.7 Å². The fourth-order valence-corrected chi connectivity index (χ4v) is 0.656. The molecule has 0 aliphatic rings. The zero-order valence-corrected chi connectivity index (χ0v) is 7.80. The number of rotatable bonds is 0. The molecule has 9 heavy (non-hydrogen) atoms. The minimum atomic E-state index is 0. The van der Waals surface area contributed by atoms with Crippen LogP contribution in [0.2, 0.25) is 5.15 Å². The van der Waals surface area contributed by atoms with Gasteiger partial charge in [-0.3, -0.25) is 0 Å². The van der Waals surface area contributed by atoms with Gasteiger partial charge in [0, 0.05) is 11.2 Å². The summed E-state index contributed by atoms with van der Waals surface area (Å²) < 4.78 is 1.66. The Hall–Kier alpha value is 0.1000. The van der Waals surface area contributed by atoms with Crippen molar-refractivity contribution >= 4 is 11.6 Å². The number of aromatic nitrogens is 2. The molecule has 0 aliphatic carbocycles. The Kier molecular flexibility index (Phi) is 4.05. The van der Waals surface area contributed by atoms with Crippen molar-refractivity contribution in [1.82, 2.24) is 5.10 Å². The summed E-state index contributed by atoms with van der Waals surface area (Å²) in [6.45, 7) is 0. The van der Waals surface area contributed by atoms with Gasteiger partial charge in [-0.05, 0) is 6.07 Å². The normalized spacial score (nSPS) is 8.22. The zero-order chi connectivity index (χ0) is 5.98. The molecule has 1 rings (SSSR count). The maximum absolute atomic E-state index is 5.51. The summed E-state index contributed by atoms with van der Waals surface area (Å²) in [5.74, 6) is 0. The van der Waals surface area contributed by atoms with Gasteiger partial charge in [0.25, 0.3) is 0 Å². The number of halogens is 2. The van der Waals surface area contributed by atoms with Crippen LogP contribution in [0.15, 0.2) is 18.3 Å². The van der Waals surface area contributed by atoms with E-state index >= 15 is 0 Å². The van der Waals surface area contributed by atoms with Crippen LogP contribution in [0.5, 0.6) is 0 Å². The highest BCUT2D eigenvalue weighted by Crippen LogP contribution is 1.95. The molecule has 0 bridgehead atoms. The van der Waals surface area contributed by atoms with Crippen LogP contribution >= 0.6 is 11.6 Å². The van der Waals surface area contributed by atoms with Gasteiger partial charge in [0.1, 0.15) is 0 Å². The molecule has 0 amide bonds. The van der Waals surface area contributed by atoms with Gasteiger partial charge in [-0.1, -0.05) is 16.3 Å². The van der Waals surface area contributed by atoms with Crippen molar-refractivity contribution in [2.24, 2.45) is 7.05 Å². The summed E-state index contributed by atoms with van der Waals surface area (Å²) >= 11 is 5.51. The standard InChI is InChI=1S/C5H6ClN2.HI/c1-8-4-2-3-5(6)7-8;/h2-4H,1H3;1H/q+1;/p-1. The molecule has 0 spiro atoms. The van der Waals surface area contributed by atoms with Crippen LogP contribution in [0.25, 0.3) is 0 Å². The van der Waals surface area contributed by atoms with Crippen LogP contribution in [-0.4, -0.2) is 5.10 Å². The molecule has 0 unspecified atom stereocenters. The Morgan fingerprint density at radius 3 is 2.67 bits per heavy atom. The van der Waals surface area contributed by atoms with Crippen molar-refractivity contribution in [1.29, 1.82) is 0 Å². The lowest BCUT2D eigenvalue weighted by Gasteiger charge is -1.80. The molecule has 0 aromatic carbocycles. The highest BCUT2D eigenvalue weighted by molar-refractivity contribution is 6.29. The van der Waals surface area contributed by atoms with Gasteiger partial charge >= 0.3 is 0 Å². The minimum Gasteiger partial charge on any atom is -1.00 e. The van der Waals surface area contributed by atoms with E-state index in [2.05, 4.69) is 5.10 Å². The first-order chi connectivity index (χ1) is 3.79. The van der Waals surface area contributed by atoms with Crippen molar-refractivity contribution in [3.05, 3.63) is 23.5 Å². The summed E-state index contributed by atoms with van der Waals surface area (Å²) in [5.41, 5.74) is 0. The number of aryl methyl sites for hydroxylation is 1. The topological polar surface area (TPSA) is 16.8 Å². The second kappa shape index (κ2) is 4.00. The molecule has 0 atom stereocenters. The average molecular weight is 256 g/mol. The number of hydrogen-bond donors (Lipinski definition) is 0. The van der Waals surface area contributed by atoms with Gasteiger partial charge in [0.15, 0.2) is 18.4 Å². The Morgan fingerprint density at radius 2 is 2.33 bits per heavy atom. The maximum atomic E-state index is 5.51. The van der Waals surface area contributed by atoms with Gasteiger partial charge in [0.05, 0.1) is 0 Å². The molecule has 4 heteroatoms. The Balaban J connectivity index is 0.000000640. The molecule has 1 aromatic rings. The Morgan fingerprint density at radius 1 is 1.67 bits per heavy atom. The van der Waals surface area contributed by atoms with E-state index in [-0.39, 0.29) is 24.0 Å². The van der Waals surface area contributed by atoms with E-state index in [4.69, 9.17) is 11.6 Å². The van der Waals surface area contributed by atoms with E-state index < -0.39 is 0 Å². The fourth-order valence-electron chi connectivity index (χ4n) is 0.464. The predicted molar refractivity (Wildman–Crippen MR) is 30.4 cm³/mol. The first-order valence-electron chi connectivity index (χ1n) is 2.27. The molecule has 2 nitrogen and oxygen atoms in total. The zero-order valence-electron chi connectivity index (χ0n) is 4.88. The molecule has 0 fully saturated rings. The minimum absolute atomic E-state index is 0. The van der Waals surface area contributed by atoms with Crippen LogP contribution in [0, 0.1) is 0 Å². The Labute approximate surface area is 75.9 Å². The highest BCUT2D eigenvalue weighted by atomic mass is 127. The summed E-state index contributed by atoms with van der Waals surface area (Å²) in [7, 11) is 1.83. The smallest absolute Gasteiger partial charge is 0.196 e. The van der Waals surface area contributed by atoms with E-state index in [0.29, 0.717) is 5.15 Å². The van der Waals surface area contributed by atoms with Crippen molar-refractivity contribution in [3.8, 4) is 0 Å². The third-order valence-electron chi connectivity index (χ3n) is 0.789. The van der Waals surface area contributed by atoms with Gasteiger partial charge in [-0.2, -0.15) is 0 Å². The number of hydrogen-bond acceptors (Lipinski definition) is 1. The van der Waals surface area contributed by atoms with E-state index in [1.165, 1.54) is 0 Å². The van der Waals surface area contributed by atoms with Crippen LogP contribution < -0.4 is 28.7 Å². The molecule has 1 aromatic heterocycles. The van der Waals surface area contributed by atoms with E-state index in [9.17, 15) is 0 Å². The molecule has 0 radical (unpaired) electrons. The van der Waals surface area contributed by atoms with E-state index in [1.54, 1.807) is 10.7 Å². The van der Waals surface area contributed by atoms with Crippen LogP contribution in [0.3, 0.4) is 0 Å². The lowest BCUT2D eigenvalue weighted by atomic mass is 10.6. The number of nitrogens with zero attached hydrogens (tertiary/aromatic N) is 2. The molecule has 0 saturated carbocycles. The van der Waals surface area contributed by atoms with Gasteiger partial charge in [0.2, 0.25) is 0 Å². The first kappa shape index (κ1) is 9.10. The molecule has 50 valence electrons. The maximum Gasteiger partial charge on any atom is 0.196 e. The lowest BCUT2D eigenvalue weighted by molar-refractivity contribution is -0.730. The van der Waals surface area contributed by atoms with Crippen molar-refractivity contribution in [2.75, 3.05) is 0 Å². The largest absolute Gasteiger partial charge is 1.00 e. The van der Waals surface area contributed by atoms with Gasteiger partial charge in [-0.25, -0.2) is 0 Å². The summed E-state index contributed by atoms with van der Waals surface area (Å²) in [6, 6.07) is 3.58. The SMILES string of the molecule is C[n+]1cccc(Cl)n1.[I-]. The summed E-state index contributed by atoms with van der Waals surface area (Å²) in [6.07, 6.45) is 1.83. The van der Waals surface area contributed by atoms with E-state index in [1.807, 2.05) is 19.3 Å². The van der Waals surface area contributed by atoms with Crippen molar-refractivity contribution in [3.63, 3.8) is 0 Å². The predicted octanol–water partition coefficient (Wildman–Crippen LogP) is -2.44. The quantitative estimate of drug-likeness (QED) is 0.372. The Bertz CT molecular complexity index is 175. The van der Waals surface area contributed by atoms with E-state index in [0.717, 1.165) is 0 Å². The van der Waals surface area contributed by atoms with Crippen molar-refractivity contribution in [2.45, 2.75) is 0 Å². The second-order valence-electron chi connectivity index (χ2n) is 1.50. The first-order valence-corrected chi connectivity index (χ1v) is 2.65. The summed E-state index contributed by atoms with van der Waals surface area (Å²) in [4.78, 5) is 0. The third kappa shape index (κ3) is 2.95. The fraction of sp³-hybridized carbons (Fsp3) is 0.200. The van der Waals surface area contributed by atoms with Crippen LogP contribution in [0.4, 0.5) is 0 Å². The molecular weight excluding hydrogens is 250 g/mol. The average Bonchev–Trinajstić information content (AvgIpc) is 1.64. The molecule has 0 N–H and O–H groups in total. The highest BCUT2D eigenvalue weighted by Gasteiger charge is 1.91. The molecule has 0 saturated heterocycles. The summed E-state index contributed by atoms with van der Waals surface area (Å²) in [5, 5.41) is 4.38. The second-order valence-corrected chi connectivity index (χ2v) is 1.89. The third-order valence-corrected chi connectivity index (χ3v) is 0.990. The van der Waals surface area contributed by atoms with Crippen LogP contribution in [-0.2, 0) is 7.05 Å². The molecule has 0 aliphatic heterocycles. The molecule has 1 heterocycles. The van der Waals surface area contributed by atoms with Gasteiger partial charge in [-0.15, -0.1) is 0 Å².